The third kappa shape index (κ3) is 2.87. The lowest BCUT2D eigenvalue weighted by atomic mass is 10.0. The van der Waals surface area contributed by atoms with Crippen LogP contribution < -0.4 is 4.90 Å². The highest BCUT2D eigenvalue weighted by Crippen LogP contribution is 2.29. The summed E-state index contributed by atoms with van der Waals surface area (Å²) < 4.78 is 32.0. The molecule has 1 saturated heterocycles. The summed E-state index contributed by atoms with van der Waals surface area (Å²) in [4.78, 5) is 14.5. The first-order valence-electron chi connectivity index (χ1n) is 8.57. The molecule has 0 spiro atoms. The van der Waals surface area contributed by atoms with Crippen molar-refractivity contribution in [3.05, 3.63) is 47.7 Å². The molecule has 0 unspecified atom stereocenters. The van der Waals surface area contributed by atoms with Crippen LogP contribution in [0.1, 0.15) is 35.4 Å². The van der Waals surface area contributed by atoms with E-state index >= 15 is 0 Å². The SMILES string of the molecule is O=C(c1ccc(S(=O)(=O)N2CCCC2)o1)N1CCCc2ccccc21. The molecule has 132 valence electrons. The van der Waals surface area contributed by atoms with E-state index in [2.05, 4.69) is 0 Å². The number of amides is 1. The van der Waals surface area contributed by atoms with Gasteiger partial charge in [-0.05, 0) is 49.4 Å². The van der Waals surface area contributed by atoms with Gasteiger partial charge >= 0.3 is 0 Å². The first-order valence-corrected chi connectivity index (χ1v) is 10.0. The number of para-hydroxylation sites is 1. The van der Waals surface area contributed by atoms with E-state index in [9.17, 15) is 13.2 Å². The summed E-state index contributed by atoms with van der Waals surface area (Å²) in [6.45, 7) is 1.61. The molecule has 0 radical (unpaired) electrons. The number of fused-ring (bicyclic) bond motifs is 1. The number of carbonyl (C=O) groups is 1. The minimum Gasteiger partial charge on any atom is -0.438 e. The average Bonchev–Trinajstić information content (AvgIpc) is 3.32. The van der Waals surface area contributed by atoms with Crippen LogP contribution in [0.2, 0.25) is 0 Å². The van der Waals surface area contributed by atoms with Crippen LogP contribution in [0, 0.1) is 0 Å². The molecule has 4 rings (SSSR count). The number of furan rings is 1. The third-order valence-electron chi connectivity index (χ3n) is 4.81. The van der Waals surface area contributed by atoms with E-state index < -0.39 is 10.0 Å². The maximum Gasteiger partial charge on any atom is 0.294 e. The zero-order valence-electron chi connectivity index (χ0n) is 13.8. The van der Waals surface area contributed by atoms with E-state index in [-0.39, 0.29) is 16.8 Å². The molecule has 3 heterocycles. The second-order valence-corrected chi connectivity index (χ2v) is 8.29. The summed E-state index contributed by atoms with van der Waals surface area (Å²) >= 11 is 0. The van der Waals surface area contributed by atoms with E-state index in [1.54, 1.807) is 4.90 Å². The molecule has 0 saturated carbocycles. The molecule has 6 nitrogen and oxygen atoms in total. The maximum atomic E-state index is 12.8. The number of rotatable bonds is 3. The first kappa shape index (κ1) is 16.4. The van der Waals surface area contributed by atoms with Gasteiger partial charge in [-0.3, -0.25) is 4.79 Å². The van der Waals surface area contributed by atoms with Gasteiger partial charge in [-0.1, -0.05) is 18.2 Å². The molecular weight excluding hydrogens is 340 g/mol. The quantitative estimate of drug-likeness (QED) is 0.844. The molecule has 7 heteroatoms. The summed E-state index contributed by atoms with van der Waals surface area (Å²) in [7, 11) is -3.65. The van der Waals surface area contributed by atoms with Crippen molar-refractivity contribution in [2.75, 3.05) is 24.5 Å². The van der Waals surface area contributed by atoms with Crippen molar-refractivity contribution < 1.29 is 17.6 Å². The van der Waals surface area contributed by atoms with Crippen molar-refractivity contribution in [1.82, 2.24) is 4.31 Å². The molecule has 1 aromatic heterocycles. The van der Waals surface area contributed by atoms with E-state index in [4.69, 9.17) is 4.42 Å². The fourth-order valence-corrected chi connectivity index (χ4v) is 4.94. The lowest BCUT2D eigenvalue weighted by Crippen LogP contribution is -2.35. The molecular formula is C18H20N2O4S. The van der Waals surface area contributed by atoms with Gasteiger partial charge < -0.3 is 9.32 Å². The predicted molar refractivity (Wildman–Crippen MR) is 93.1 cm³/mol. The lowest BCUT2D eigenvalue weighted by molar-refractivity contribution is 0.0953. The van der Waals surface area contributed by atoms with Crippen LogP contribution in [0.25, 0.3) is 0 Å². The largest absolute Gasteiger partial charge is 0.438 e. The molecule has 2 aromatic rings. The monoisotopic (exact) mass is 360 g/mol. The summed E-state index contributed by atoms with van der Waals surface area (Å²) in [5.74, 6) is -0.232. The molecule has 1 aromatic carbocycles. The van der Waals surface area contributed by atoms with Gasteiger partial charge in [0.2, 0.25) is 5.09 Å². The Morgan fingerprint density at radius 1 is 0.960 bits per heavy atom. The number of hydrogen-bond acceptors (Lipinski definition) is 4. The predicted octanol–water partition coefficient (Wildman–Crippen LogP) is 2.66. The molecule has 0 aliphatic carbocycles. The van der Waals surface area contributed by atoms with Crippen molar-refractivity contribution >= 4 is 21.6 Å². The second-order valence-electron chi connectivity index (χ2n) is 6.42. The number of carbonyl (C=O) groups excluding carboxylic acids is 1. The molecule has 1 amide bonds. The number of hydrogen-bond donors (Lipinski definition) is 0. The van der Waals surface area contributed by atoms with Gasteiger partial charge in [0.25, 0.3) is 15.9 Å². The fourth-order valence-electron chi connectivity index (χ4n) is 3.51. The molecule has 0 bridgehead atoms. The molecule has 2 aliphatic heterocycles. The maximum absolute atomic E-state index is 12.8. The molecule has 0 N–H and O–H groups in total. The normalized spacial score (nSPS) is 18.3. The molecule has 2 aliphatic rings. The van der Waals surface area contributed by atoms with Gasteiger partial charge in [0, 0.05) is 25.3 Å². The van der Waals surface area contributed by atoms with Crippen LogP contribution >= 0.6 is 0 Å². The van der Waals surface area contributed by atoms with Crippen LogP contribution in [-0.4, -0.2) is 38.3 Å². The van der Waals surface area contributed by atoms with Gasteiger partial charge in [-0.15, -0.1) is 0 Å². The Bertz CT molecular complexity index is 897. The van der Waals surface area contributed by atoms with E-state index in [0.29, 0.717) is 19.6 Å². The van der Waals surface area contributed by atoms with Gasteiger partial charge in [-0.2, -0.15) is 4.31 Å². The van der Waals surface area contributed by atoms with Crippen molar-refractivity contribution in [3.63, 3.8) is 0 Å². The van der Waals surface area contributed by atoms with Crippen molar-refractivity contribution in [2.45, 2.75) is 30.8 Å². The van der Waals surface area contributed by atoms with Crippen molar-refractivity contribution in [3.8, 4) is 0 Å². The highest BCUT2D eigenvalue weighted by molar-refractivity contribution is 7.89. The number of nitrogens with zero attached hydrogens (tertiary/aromatic N) is 2. The summed E-state index contributed by atoms with van der Waals surface area (Å²) in [5, 5.41) is -0.150. The Morgan fingerprint density at radius 3 is 2.52 bits per heavy atom. The average molecular weight is 360 g/mol. The molecule has 25 heavy (non-hydrogen) atoms. The van der Waals surface area contributed by atoms with Crippen LogP contribution in [0.3, 0.4) is 0 Å². The number of aryl methyl sites for hydroxylation is 1. The Hall–Kier alpha value is -2.12. The highest BCUT2D eigenvalue weighted by Gasteiger charge is 2.32. The smallest absolute Gasteiger partial charge is 0.294 e. The van der Waals surface area contributed by atoms with E-state index in [0.717, 1.165) is 36.9 Å². The summed E-state index contributed by atoms with van der Waals surface area (Å²) in [5.41, 5.74) is 2.00. The van der Waals surface area contributed by atoms with Gasteiger partial charge in [0.15, 0.2) is 5.76 Å². The Labute approximate surface area is 147 Å². The van der Waals surface area contributed by atoms with Gasteiger partial charge in [-0.25, -0.2) is 8.42 Å². The minimum atomic E-state index is -3.65. The number of benzene rings is 1. The Morgan fingerprint density at radius 2 is 1.72 bits per heavy atom. The number of sulfonamides is 1. The van der Waals surface area contributed by atoms with Crippen LogP contribution in [0.15, 0.2) is 45.9 Å². The Kier molecular flexibility index (Phi) is 4.13. The summed E-state index contributed by atoms with van der Waals surface area (Å²) in [6, 6.07) is 10.6. The standard InChI is InChI=1S/C18H20N2O4S/c21-18(20-13-5-7-14-6-1-2-8-15(14)20)16-9-10-17(24-16)25(22,23)19-11-3-4-12-19/h1-2,6,8-10H,3-5,7,11-13H2. The summed E-state index contributed by atoms with van der Waals surface area (Å²) in [6.07, 6.45) is 3.53. The van der Waals surface area contributed by atoms with Gasteiger partial charge in [0.05, 0.1) is 0 Å². The fraction of sp³-hybridized carbons (Fsp3) is 0.389. The zero-order valence-corrected chi connectivity index (χ0v) is 14.7. The van der Waals surface area contributed by atoms with Crippen molar-refractivity contribution in [1.29, 1.82) is 0 Å². The Balaban J connectivity index is 1.62. The highest BCUT2D eigenvalue weighted by atomic mass is 32.2. The van der Waals surface area contributed by atoms with Crippen LogP contribution in [0.4, 0.5) is 5.69 Å². The minimum absolute atomic E-state index is 0.0643. The van der Waals surface area contributed by atoms with Crippen LogP contribution in [0.5, 0.6) is 0 Å². The number of anilines is 1. The zero-order chi connectivity index (χ0) is 17.4. The van der Waals surface area contributed by atoms with Crippen LogP contribution in [-0.2, 0) is 16.4 Å². The third-order valence-corrected chi connectivity index (χ3v) is 6.58. The van der Waals surface area contributed by atoms with Gasteiger partial charge in [0.1, 0.15) is 0 Å². The van der Waals surface area contributed by atoms with Crippen molar-refractivity contribution in [2.24, 2.45) is 0 Å². The molecule has 0 atom stereocenters. The topological polar surface area (TPSA) is 70.8 Å². The first-order chi connectivity index (χ1) is 12.1. The van der Waals surface area contributed by atoms with E-state index in [1.807, 2.05) is 24.3 Å². The second kappa shape index (κ2) is 6.31. The van der Waals surface area contributed by atoms with E-state index in [1.165, 1.54) is 16.4 Å². The molecule has 1 fully saturated rings. The lowest BCUT2D eigenvalue weighted by Gasteiger charge is -2.28.